The summed E-state index contributed by atoms with van der Waals surface area (Å²) in [5.41, 5.74) is 0.133. The zero-order valence-electron chi connectivity index (χ0n) is 11.3. The predicted octanol–water partition coefficient (Wildman–Crippen LogP) is 1.22. The molecule has 6 nitrogen and oxygen atoms in total. The minimum Gasteiger partial charge on any atom is -0.478 e. The summed E-state index contributed by atoms with van der Waals surface area (Å²) >= 11 is 0. The second-order valence-corrected chi connectivity index (χ2v) is 6.26. The molecule has 1 rings (SSSR count). The molecule has 0 spiro atoms. The van der Waals surface area contributed by atoms with E-state index in [9.17, 15) is 22.4 Å². The highest BCUT2D eigenvalue weighted by Crippen LogP contribution is 2.22. The van der Waals surface area contributed by atoms with Crippen molar-refractivity contribution in [2.75, 3.05) is 6.26 Å². The van der Waals surface area contributed by atoms with Crippen LogP contribution in [-0.4, -0.2) is 31.7 Å². The van der Waals surface area contributed by atoms with Crippen LogP contribution in [0.2, 0.25) is 0 Å². The van der Waals surface area contributed by atoms with Crippen molar-refractivity contribution in [2.24, 2.45) is 0 Å². The lowest BCUT2D eigenvalue weighted by Gasteiger charge is -2.10. The first-order valence-electron chi connectivity index (χ1n) is 5.68. The van der Waals surface area contributed by atoms with E-state index in [4.69, 9.17) is 5.11 Å². The van der Waals surface area contributed by atoms with Crippen molar-refractivity contribution in [1.29, 1.82) is 0 Å². The molecule has 0 amide bonds. The van der Waals surface area contributed by atoms with Gasteiger partial charge in [0.25, 0.3) is 0 Å². The van der Waals surface area contributed by atoms with Gasteiger partial charge in [0.1, 0.15) is 12.4 Å². The van der Waals surface area contributed by atoms with Crippen LogP contribution in [0.5, 0.6) is 0 Å². The second-order valence-electron chi connectivity index (χ2n) is 4.27. The van der Waals surface area contributed by atoms with Crippen LogP contribution in [0.4, 0.5) is 4.39 Å². The van der Waals surface area contributed by atoms with Crippen LogP contribution in [0, 0.1) is 12.7 Å². The summed E-state index contributed by atoms with van der Waals surface area (Å²) in [6.07, 6.45) is 2.12. The minimum absolute atomic E-state index is 0.269. The van der Waals surface area contributed by atoms with Crippen molar-refractivity contribution in [3.8, 4) is 0 Å². The Balaban J connectivity index is 3.04. The molecule has 0 aliphatic rings. The Hall–Kier alpha value is -2.22. The molecule has 0 saturated carbocycles. The number of esters is 1. The van der Waals surface area contributed by atoms with Crippen LogP contribution >= 0.6 is 0 Å². The smallest absolute Gasteiger partial charge is 0.331 e. The number of carbonyl (C=O) groups excluding carboxylic acids is 1. The van der Waals surface area contributed by atoms with Gasteiger partial charge in [0.05, 0.1) is 4.90 Å². The summed E-state index contributed by atoms with van der Waals surface area (Å²) in [5, 5.41) is 8.34. The lowest BCUT2D eigenvalue weighted by molar-refractivity contribution is -0.140. The van der Waals surface area contributed by atoms with E-state index in [1.54, 1.807) is 0 Å². The van der Waals surface area contributed by atoms with Gasteiger partial charge in [-0.15, -0.1) is 0 Å². The first-order valence-corrected chi connectivity index (χ1v) is 7.57. The molecule has 1 aromatic carbocycles. The van der Waals surface area contributed by atoms with Gasteiger partial charge in [0, 0.05) is 24.0 Å². The van der Waals surface area contributed by atoms with E-state index < -0.39 is 34.2 Å². The molecule has 0 heterocycles. The Morgan fingerprint density at radius 3 is 2.48 bits per heavy atom. The van der Waals surface area contributed by atoms with Crippen LogP contribution in [0.1, 0.15) is 11.1 Å². The van der Waals surface area contributed by atoms with E-state index in [1.807, 2.05) is 0 Å². The number of carbonyl (C=O) groups is 2. The predicted molar refractivity (Wildman–Crippen MR) is 70.8 cm³/mol. The van der Waals surface area contributed by atoms with Gasteiger partial charge in [0.15, 0.2) is 9.84 Å². The first-order chi connectivity index (χ1) is 9.61. The molecule has 0 radical (unpaired) electrons. The van der Waals surface area contributed by atoms with Crippen molar-refractivity contribution >= 4 is 21.8 Å². The van der Waals surface area contributed by atoms with Crippen molar-refractivity contribution in [3.63, 3.8) is 0 Å². The molecule has 0 saturated heterocycles. The van der Waals surface area contributed by atoms with E-state index in [0.29, 0.717) is 17.7 Å². The van der Waals surface area contributed by atoms with Gasteiger partial charge in [-0.2, -0.15) is 0 Å². The SMILES string of the molecule is Cc1cc(F)c(COC(=O)/C=C/C(=O)O)c(S(C)(=O)=O)c1. The molecule has 0 bridgehead atoms. The maximum atomic E-state index is 13.8. The van der Waals surface area contributed by atoms with Crippen molar-refractivity contribution in [3.05, 3.63) is 41.2 Å². The first kappa shape index (κ1) is 16.8. The monoisotopic (exact) mass is 316 g/mol. The number of rotatable bonds is 5. The summed E-state index contributed by atoms with van der Waals surface area (Å²) in [6.45, 7) is 0.917. The Labute approximate surface area is 120 Å². The van der Waals surface area contributed by atoms with Gasteiger partial charge < -0.3 is 9.84 Å². The average Bonchev–Trinajstić information content (AvgIpc) is 2.33. The highest BCUT2D eigenvalue weighted by molar-refractivity contribution is 7.90. The van der Waals surface area contributed by atoms with E-state index in [0.717, 1.165) is 12.3 Å². The number of carboxylic acids is 1. The number of halogens is 1. The summed E-state index contributed by atoms with van der Waals surface area (Å²) in [4.78, 5) is 21.2. The van der Waals surface area contributed by atoms with Gasteiger partial charge in [-0.3, -0.25) is 0 Å². The number of sulfone groups is 1. The lowest BCUT2D eigenvalue weighted by Crippen LogP contribution is -2.10. The van der Waals surface area contributed by atoms with E-state index in [-0.39, 0.29) is 10.5 Å². The summed E-state index contributed by atoms with van der Waals surface area (Å²) in [5.74, 6) is -3.17. The number of ether oxygens (including phenoxy) is 1. The molecule has 0 atom stereocenters. The highest BCUT2D eigenvalue weighted by atomic mass is 32.2. The third kappa shape index (κ3) is 4.99. The van der Waals surface area contributed by atoms with Crippen LogP contribution in [0.15, 0.2) is 29.2 Å². The van der Waals surface area contributed by atoms with Crippen LogP contribution < -0.4 is 0 Å². The zero-order chi connectivity index (χ0) is 16.2. The van der Waals surface area contributed by atoms with E-state index in [1.165, 1.54) is 13.0 Å². The minimum atomic E-state index is -3.70. The Bertz CT molecular complexity index is 706. The highest BCUT2D eigenvalue weighted by Gasteiger charge is 2.19. The average molecular weight is 316 g/mol. The molecular weight excluding hydrogens is 303 g/mol. The van der Waals surface area contributed by atoms with Gasteiger partial charge in [-0.25, -0.2) is 22.4 Å². The van der Waals surface area contributed by atoms with Crippen molar-refractivity contribution in [2.45, 2.75) is 18.4 Å². The Kier molecular flexibility index (Phi) is 5.20. The molecule has 21 heavy (non-hydrogen) atoms. The molecule has 0 fully saturated rings. The maximum Gasteiger partial charge on any atom is 0.331 e. The fraction of sp³-hybridized carbons (Fsp3) is 0.231. The largest absolute Gasteiger partial charge is 0.478 e. The quantitative estimate of drug-likeness (QED) is 0.648. The number of benzene rings is 1. The fourth-order valence-electron chi connectivity index (χ4n) is 1.54. The van der Waals surface area contributed by atoms with Crippen LogP contribution in [-0.2, 0) is 30.8 Å². The standard InChI is InChI=1S/C13H13FO6S/c1-8-5-10(14)9(11(6-8)21(2,18)19)7-20-13(17)4-3-12(15)16/h3-6H,7H2,1-2H3,(H,15,16)/b4-3+. The fourth-order valence-corrected chi connectivity index (χ4v) is 2.55. The number of aliphatic carboxylic acids is 1. The van der Waals surface area contributed by atoms with Gasteiger partial charge >= 0.3 is 11.9 Å². The van der Waals surface area contributed by atoms with Gasteiger partial charge in [0.2, 0.25) is 0 Å². The van der Waals surface area contributed by atoms with Gasteiger partial charge in [-0.05, 0) is 24.6 Å². The number of aryl methyl sites for hydroxylation is 1. The van der Waals surface area contributed by atoms with Crippen molar-refractivity contribution < 1.29 is 32.2 Å². The number of hydrogen-bond donors (Lipinski definition) is 1. The lowest BCUT2D eigenvalue weighted by atomic mass is 10.1. The van der Waals surface area contributed by atoms with Crippen LogP contribution in [0.25, 0.3) is 0 Å². The molecule has 0 unspecified atom stereocenters. The Morgan fingerprint density at radius 1 is 1.33 bits per heavy atom. The topological polar surface area (TPSA) is 97.7 Å². The molecular formula is C13H13FO6S. The summed E-state index contributed by atoms with van der Waals surface area (Å²) < 4.78 is 41.7. The molecule has 1 aromatic rings. The summed E-state index contributed by atoms with van der Waals surface area (Å²) in [7, 11) is -3.70. The van der Waals surface area contributed by atoms with Gasteiger partial charge in [-0.1, -0.05) is 0 Å². The number of hydrogen-bond acceptors (Lipinski definition) is 5. The Morgan fingerprint density at radius 2 is 1.95 bits per heavy atom. The summed E-state index contributed by atoms with van der Waals surface area (Å²) in [6, 6.07) is 2.39. The number of carboxylic acid groups (broad SMARTS) is 1. The third-order valence-corrected chi connectivity index (χ3v) is 3.58. The molecule has 8 heteroatoms. The molecule has 0 aromatic heterocycles. The van der Waals surface area contributed by atoms with Crippen LogP contribution in [0.3, 0.4) is 0 Å². The van der Waals surface area contributed by atoms with Crippen molar-refractivity contribution in [1.82, 2.24) is 0 Å². The zero-order valence-corrected chi connectivity index (χ0v) is 12.1. The maximum absolute atomic E-state index is 13.8. The molecule has 0 aliphatic carbocycles. The third-order valence-electron chi connectivity index (χ3n) is 2.42. The molecule has 0 aliphatic heterocycles. The second kappa shape index (κ2) is 6.49. The molecule has 1 N–H and O–H groups in total. The normalized spacial score (nSPS) is 11.6. The van der Waals surface area contributed by atoms with E-state index in [2.05, 4.69) is 4.74 Å². The van der Waals surface area contributed by atoms with E-state index >= 15 is 0 Å². The molecule has 114 valence electrons.